The van der Waals surface area contributed by atoms with E-state index in [0.717, 1.165) is 25.3 Å². The zero-order valence-electron chi connectivity index (χ0n) is 9.91. The summed E-state index contributed by atoms with van der Waals surface area (Å²) in [5.74, 6) is 1.17. The molecule has 0 spiro atoms. The van der Waals surface area contributed by atoms with Gasteiger partial charge in [-0.1, -0.05) is 13.8 Å². The van der Waals surface area contributed by atoms with Crippen LogP contribution in [0.1, 0.15) is 27.2 Å². The Kier molecular flexibility index (Phi) is 4.93. The van der Waals surface area contributed by atoms with Crippen LogP contribution in [0, 0.1) is 0 Å². The van der Waals surface area contributed by atoms with Crippen molar-refractivity contribution in [3.8, 4) is 0 Å². The molecule has 0 aromatic heterocycles. The predicted octanol–water partition coefficient (Wildman–Crippen LogP) is 1.77. The summed E-state index contributed by atoms with van der Waals surface area (Å²) in [6.07, 6.45) is 1.07. The van der Waals surface area contributed by atoms with Gasteiger partial charge in [-0.3, -0.25) is 4.79 Å². The van der Waals surface area contributed by atoms with Crippen molar-refractivity contribution in [3.05, 3.63) is 0 Å². The number of thioether (sulfide) groups is 1. The highest BCUT2D eigenvalue weighted by Crippen LogP contribution is 2.30. The van der Waals surface area contributed by atoms with Gasteiger partial charge in [0.25, 0.3) is 0 Å². The lowest BCUT2D eigenvalue weighted by Gasteiger charge is -2.22. The van der Waals surface area contributed by atoms with Crippen molar-refractivity contribution in [2.24, 2.45) is 0 Å². The summed E-state index contributed by atoms with van der Waals surface area (Å²) in [5, 5.41) is 0. The van der Waals surface area contributed by atoms with Crippen LogP contribution in [-0.4, -0.2) is 47.6 Å². The molecule has 88 valence electrons. The highest BCUT2D eigenvalue weighted by molar-refractivity contribution is 8.00. The van der Waals surface area contributed by atoms with Crippen molar-refractivity contribution >= 4 is 17.7 Å². The van der Waals surface area contributed by atoms with Crippen molar-refractivity contribution in [2.75, 3.05) is 32.1 Å². The number of carbonyl (C=O) groups is 1. The number of amides is 1. The molecule has 1 rings (SSSR count). The lowest BCUT2D eigenvalue weighted by atomic mass is 10.1. The normalized spacial score (nSPS) is 21.1. The first-order valence-electron chi connectivity index (χ1n) is 5.54. The minimum atomic E-state index is 0.134. The Morgan fingerprint density at radius 2 is 2.20 bits per heavy atom. The number of hydrogen-bond acceptors (Lipinski definition) is 3. The Balaban J connectivity index is 2.40. The van der Waals surface area contributed by atoms with Crippen LogP contribution in [0.2, 0.25) is 0 Å². The van der Waals surface area contributed by atoms with Crippen LogP contribution in [0.5, 0.6) is 0 Å². The average Bonchev–Trinajstić information content (AvgIpc) is 2.36. The van der Waals surface area contributed by atoms with E-state index in [9.17, 15) is 4.79 Å². The predicted molar refractivity (Wildman–Crippen MR) is 64.2 cm³/mol. The molecule has 0 aliphatic carbocycles. The molecule has 0 atom stereocenters. The second-order valence-corrected chi connectivity index (χ2v) is 6.18. The molecule has 1 aliphatic rings. The van der Waals surface area contributed by atoms with E-state index in [1.807, 2.05) is 23.6 Å². The monoisotopic (exact) mass is 231 g/mol. The molecule has 1 aliphatic heterocycles. The summed E-state index contributed by atoms with van der Waals surface area (Å²) in [5.41, 5.74) is 0. The van der Waals surface area contributed by atoms with Gasteiger partial charge in [0.05, 0.1) is 0 Å². The molecule has 0 aromatic rings. The van der Waals surface area contributed by atoms with Crippen molar-refractivity contribution < 1.29 is 9.53 Å². The van der Waals surface area contributed by atoms with Gasteiger partial charge in [-0.05, 0) is 13.3 Å². The van der Waals surface area contributed by atoms with Gasteiger partial charge in [0.1, 0.15) is 6.61 Å². The Morgan fingerprint density at radius 3 is 2.87 bits per heavy atom. The molecule has 15 heavy (non-hydrogen) atoms. The Morgan fingerprint density at radius 1 is 1.47 bits per heavy atom. The number of nitrogens with zero attached hydrogens (tertiary/aromatic N) is 1. The summed E-state index contributed by atoms with van der Waals surface area (Å²) in [7, 11) is 0. The Labute approximate surface area is 96.5 Å². The molecule has 0 bridgehead atoms. The second-order valence-electron chi connectivity index (χ2n) is 4.38. The van der Waals surface area contributed by atoms with Gasteiger partial charge in [0.15, 0.2) is 0 Å². The van der Waals surface area contributed by atoms with Crippen LogP contribution in [0.4, 0.5) is 0 Å². The lowest BCUT2D eigenvalue weighted by Crippen LogP contribution is -2.36. The van der Waals surface area contributed by atoms with Gasteiger partial charge in [-0.15, -0.1) is 0 Å². The van der Waals surface area contributed by atoms with E-state index in [4.69, 9.17) is 4.74 Å². The largest absolute Gasteiger partial charge is 0.372 e. The maximum atomic E-state index is 11.7. The van der Waals surface area contributed by atoms with Crippen LogP contribution >= 0.6 is 11.8 Å². The zero-order chi connectivity index (χ0) is 11.3. The topological polar surface area (TPSA) is 29.5 Å². The van der Waals surface area contributed by atoms with Crippen molar-refractivity contribution in [3.63, 3.8) is 0 Å². The summed E-state index contributed by atoms with van der Waals surface area (Å²) in [6, 6.07) is 0. The van der Waals surface area contributed by atoms with Gasteiger partial charge in [0.2, 0.25) is 5.91 Å². The standard InChI is InChI=1S/C11H21NO2S/c1-4-14-9-10(13)12-6-5-11(2,3)15-8-7-12/h4-9H2,1-3H3. The first kappa shape index (κ1) is 12.8. The fourth-order valence-electron chi connectivity index (χ4n) is 1.55. The lowest BCUT2D eigenvalue weighted by molar-refractivity contribution is -0.135. The summed E-state index contributed by atoms with van der Waals surface area (Å²) >= 11 is 1.95. The summed E-state index contributed by atoms with van der Waals surface area (Å²) < 4.78 is 5.45. The van der Waals surface area contributed by atoms with Crippen molar-refractivity contribution in [2.45, 2.75) is 31.9 Å². The van der Waals surface area contributed by atoms with E-state index in [0.29, 0.717) is 11.4 Å². The van der Waals surface area contributed by atoms with Crippen LogP contribution < -0.4 is 0 Å². The molecule has 0 saturated carbocycles. The molecule has 1 heterocycles. The van der Waals surface area contributed by atoms with Gasteiger partial charge in [0, 0.05) is 30.2 Å². The van der Waals surface area contributed by atoms with E-state index >= 15 is 0 Å². The third-order valence-electron chi connectivity index (χ3n) is 2.62. The Hall–Kier alpha value is -0.220. The maximum Gasteiger partial charge on any atom is 0.248 e. The summed E-state index contributed by atoms with van der Waals surface area (Å²) in [4.78, 5) is 13.6. The molecule has 0 N–H and O–H groups in total. The second kappa shape index (κ2) is 5.75. The molecule has 0 unspecified atom stereocenters. The number of carbonyl (C=O) groups excluding carboxylic acids is 1. The first-order valence-corrected chi connectivity index (χ1v) is 6.53. The van der Waals surface area contributed by atoms with Crippen LogP contribution in [0.3, 0.4) is 0 Å². The number of rotatable bonds is 3. The number of hydrogen-bond donors (Lipinski definition) is 0. The molecular formula is C11H21NO2S. The van der Waals surface area contributed by atoms with E-state index in [1.165, 1.54) is 0 Å². The van der Waals surface area contributed by atoms with Gasteiger partial charge >= 0.3 is 0 Å². The van der Waals surface area contributed by atoms with Gasteiger partial charge in [-0.2, -0.15) is 11.8 Å². The Bertz CT molecular complexity index is 219. The molecule has 3 nitrogen and oxygen atoms in total. The zero-order valence-corrected chi connectivity index (χ0v) is 10.7. The summed E-state index contributed by atoms with van der Waals surface area (Å²) in [6.45, 7) is 8.98. The van der Waals surface area contributed by atoms with Gasteiger partial charge in [-0.25, -0.2) is 0 Å². The molecule has 0 aromatic carbocycles. The third-order valence-corrected chi connectivity index (χ3v) is 3.99. The fourth-order valence-corrected chi connectivity index (χ4v) is 2.65. The quantitative estimate of drug-likeness (QED) is 0.741. The molecule has 1 amide bonds. The van der Waals surface area contributed by atoms with Crippen molar-refractivity contribution in [1.82, 2.24) is 4.90 Å². The van der Waals surface area contributed by atoms with E-state index in [1.54, 1.807) is 0 Å². The SMILES string of the molecule is CCOCC(=O)N1CCSC(C)(C)CC1. The first-order chi connectivity index (χ1) is 7.05. The maximum absolute atomic E-state index is 11.7. The molecule has 1 saturated heterocycles. The molecule has 1 fully saturated rings. The van der Waals surface area contributed by atoms with E-state index in [2.05, 4.69) is 13.8 Å². The smallest absolute Gasteiger partial charge is 0.248 e. The third kappa shape index (κ3) is 4.43. The molecule has 4 heteroatoms. The highest BCUT2D eigenvalue weighted by atomic mass is 32.2. The van der Waals surface area contributed by atoms with Crippen molar-refractivity contribution in [1.29, 1.82) is 0 Å². The minimum absolute atomic E-state index is 0.134. The molecular weight excluding hydrogens is 210 g/mol. The van der Waals surface area contributed by atoms with Crippen LogP contribution in [-0.2, 0) is 9.53 Å². The minimum Gasteiger partial charge on any atom is -0.372 e. The van der Waals surface area contributed by atoms with Crippen LogP contribution in [0.25, 0.3) is 0 Å². The average molecular weight is 231 g/mol. The fraction of sp³-hybridized carbons (Fsp3) is 0.909. The van der Waals surface area contributed by atoms with E-state index in [-0.39, 0.29) is 12.5 Å². The highest BCUT2D eigenvalue weighted by Gasteiger charge is 2.25. The number of ether oxygens (including phenoxy) is 1. The van der Waals surface area contributed by atoms with Gasteiger partial charge < -0.3 is 9.64 Å². The molecule has 0 radical (unpaired) electrons. The van der Waals surface area contributed by atoms with Crippen LogP contribution in [0.15, 0.2) is 0 Å². The van der Waals surface area contributed by atoms with E-state index < -0.39 is 0 Å².